The van der Waals surface area contributed by atoms with Crippen molar-refractivity contribution < 1.29 is 17.9 Å². The number of piperidine rings is 1. The molecule has 0 aliphatic carbocycles. The second kappa shape index (κ2) is 6.66. The molecular formula is C15H23NO4S. The molecule has 2 rings (SSSR count). The van der Waals surface area contributed by atoms with E-state index in [-0.39, 0.29) is 4.90 Å². The van der Waals surface area contributed by atoms with Gasteiger partial charge in [-0.05, 0) is 37.4 Å². The molecule has 21 heavy (non-hydrogen) atoms. The molecular weight excluding hydrogens is 290 g/mol. The molecule has 5 nitrogen and oxygen atoms in total. The summed E-state index contributed by atoms with van der Waals surface area (Å²) >= 11 is 0. The number of sulfone groups is 1. The fourth-order valence-electron chi connectivity index (χ4n) is 2.82. The topological polar surface area (TPSA) is 64.6 Å². The normalized spacial score (nSPS) is 19.3. The standard InChI is InChI=1S/C15H23NO4S/c1-19-14-11(10-12-6-4-5-9-16-12)7-8-13(15(14)20-2)21(3,17)18/h7-8,12,16H,4-6,9-10H2,1-3H3. The van der Waals surface area contributed by atoms with E-state index in [1.54, 1.807) is 13.2 Å². The first-order valence-electron chi connectivity index (χ1n) is 7.14. The van der Waals surface area contributed by atoms with Gasteiger partial charge in [-0.2, -0.15) is 0 Å². The van der Waals surface area contributed by atoms with Gasteiger partial charge in [-0.15, -0.1) is 0 Å². The van der Waals surface area contributed by atoms with Gasteiger partial charge in [0.25, 0.3) is 0 Å². The van der Waals surface area contributed by atoms with Crippen molar-refractivity contribution in [2.24, 2.45) is 0 Å². The summed E-state index contributed by atoms with van der Waals surface area (Å²) in [5.74, 6) is 0.820. The molecule has 1 aromatic rings. The predicted octanol–water partition coefficient (Wildman–Crippen LogP) is 1.79. The second-order valence-corrected chi connectivity index (χ2v) is 7.40. The summed E-state index contributed by atoms with van der Waals surface area (Å²) in [6.45, 7) is 1.03. The highest BCUT2D eigenvalue weighted by atomic mass is 32.2. The molecule has 1 aliphatic rings. The molecule has 1 fully saturated rings. The van der Waals surface area contributed by atoms with E-state index in [4.69, 9.17) is 9.47 Å². The van der Waals surface area contributed by atoms with Crippen LogP contribution < -0.4 is 14.8 Å². The van der Waals surface area contributed by atoms with Crippen molar-refractivity contribution in [3.63, 3.8) is 0 Å². The van der Waals surface area contributed by atoms with Crippen molar-refractivity contribution in [1.82, 2.24) is 5.32 Å². The van der Waals surface area contributed by atoms with Gasteiger partial charge in [-0.1, -0.05) is 12.5 Å². The van der Waals surface area contributed by atoms with Gasteiger partial charge >= 0.3 is 0 Å². The minimum absolute atomic E-state index is 0.169. The first-order valence-corrected chi connectivity index (χ1v) is 9.03. The zero-order chi connectivity index (χ0) is 15.5. The summed E-state index contributed by atoms with van der Waals surface area (Å²) in [5, 5.41) is 3.49. The van der Waals surface area contributed by atoms with E-state index in [1.165, 1.54) is 26.2 Å². The third-order valence-electron chi connectivity index (χ3n) is 3.84. The Balaban J connectivity index is 2.38. The Bertz CT molecular complexity index is 592. The third kappa shape index (κ3) is 3.68. The van der Waals surface area contributed by atoms with E-state index in [2.05, 4.69) is 5.32 Å². The average molecular weight is 313 g/mol. The van der Waals surface area contributed by atoms with E-state index < -0.39 is 9.84 Å². The summed E-state index contributed by atoms with van der Waals surface area (Å²) in [6, 6.07) is 3.84. The van der Waals surface area contributed by atoms with Gasteiger partial charge in [0.15, 0.2) is 21.3 Å². The van der Waals surface area contributed by atoms with Gasteiger partial charge in [0.2, 0.25) is 0 Å². The number of hydrogen-bond donors (Lipinski definition) is 1. The largest absolute Gasteiger partial charge is 0.493 e. The lowest BCUT2D eigenvalue weighted by Crippen LogP contribution is -2.35. The van der Waals surface area contributed by atoms with Crippen LogP contribution in [0.15, 0.2) is 17.0 Å². The fraction of sp³-hybridized carbons (Fsp3) is 0.600. The van der Waals surface area contributed by atoms with Crippen molar-refractivity contribution in [3.05, 3.63) is 17.7 Å². The number of rotatable bonds is 5. The van der Waals surface area contributed by atoms with E-state index in [9.17, 15) is 8.42 Å². The Labute approximate surface area is 126 Å². The average Bonchev–Trinajstić information content (AvgIpc) is 2.46. The van der Waals surface area contributed by atoms with E-state index in [0.29, 0.717) is 17.5 Å². The molecule has 0 amide bonds. The van der Waals surface area contributed by atoms with Crippen LogP contribution in [-0.2, 0) is 16.3 Å². The van der Waals surface area contributed by atoms with Crippen molar-refractivity contribution in [2.45, 2.75) is 36.6 Å². The molecule has 1 saturated heterocycles. The molecule has 1 aromatic carbocycles. The number of benzene rings is 1. The Morgan fingerprint density at radius 2 is 1.90 bits per heavy atom. The lowest BCUT2D eigenvalue weighted by Gasteiger charge is -2.25. The van der Waals surface area contributed by atoms with Gasteiger partial charge in [0.1, 0.15) is 4.90 Å². The van der Waals surface area contributed by atoms with Crippen LogP contribution in [0.1, 0.15) is 24.8 Å². The molecule has 0 radical (unpaired) electrons. The molecule has 0 bridgehead atoms. The highest BCUT2D eigenvalue weighted by molar-refractivity contribution is 7.90. The summed E-state index contributed by atoms with van der Waals surface area (Å²) < 4.78 is 34.4. The third-order valence-corrected chi connectivity index (χ3v) is 4.96. The zero-order valence-electron chi connectivity index (χ0n) is 12.8. The Hall–Kier alpha value is -1.27. The maximum atomic E-state index is 11.8. The molecule has 0 saturated carbocycles. The summed E-state index contributed by atoms with van der Waals surface area (Å²) in [7, 11) is -0.338. The minimum atomic E-state index is -3.35. The molecule has 118 valence electrons. The Morgan fingerprint density at radius 3 is 2.43 bits per heavy atom. The molecule has 1 heterocycles. The van der Waals surface area contributed by atoms with Gasteiger partial charge in [0.05, 0.1) is 14.2 Å². The van der Waals surface area contributed by atoms with E-state index >= 15 is 0 Å². The molecule has 1 N–H and O–H groups in total. The Kier molecular flexibility index (Phi) is 5.11. The van der Waals surface area contributed by atoms with E-state index in [0.717, 1.165) is 24.9 Å². The van der Waals surface area contributed by atoms with Gasteiger partial charge in [0, 0.05) is 12.3 Å². The second-order valence-electron chi connectivity index (χ2n) is 5.41. The van der Waals surface area contributed by atoms with Gasteiger partial charge in [-0.3, -0.25) is 0 Å². The van der Waals surface area contributed by atoms with Crippen LogP contribution in [-0.4, -0.2) is 41.5 Å². The van der Waals surface area contributed by atoms with Crippen molar-refractivity contribution in [2.75, 3.05) is 27.0 Å². The molecule has 1 aliphatic heterocycles. The smallest absolute Gasteiger partial charge is 0.179 e. The number of hydrogen-bond acceptors (Lipinski definition) is 5. The number of ether oxygens (including phenoxy) is 2. The molecule has 1 unspecified atom stereocenters. The van der Waals surface area contributed by atoms with Crippen molar-refractivity contribution in [1.29, 1.82) is 0 Å². The van der Waals surface area contributed by atoms with Gasteiger partial charge < -0.3 is 14.8 Å². The number of nitrogens with one attached hydrogen (secondary N) is 1. The van der Waals surface area contributed by atoms with Crippen molar-refractivity contribution in [3.8, 4) is 11.5 Å². The SMILES string of the molecule is COc1c(CC2CCCCN2)ccc(S(C)(=O)=O)c1OC. The van der Waals surface area contributed by atoms with Crippen LogP contribution in [0.25, 0.3) is 0 Å². The lowest BCUT2D eigenvalue weighted by molar-refractivity contribution is 0.338. The monoisotopic (exact) mass is 313 g/mol. The first kappa shape index (κ1) is 16.1. The molecule has 6 heteroatoms. The van der Waals surface area contributed by atoms with Crippen LogP contribution in [0, 0.1) is 0 Å². The predicted molar refractivity (Wildman–Crippen MR) is 82.0 cm³/mol. The van der Waals surface area contributed by atoms with Crippen molar-refractivity contribution >= 4 is 9.84 Å². The fourth-order valence-corrected chi connectivity index (χ4v) is 3.65. The van der Waals surface area contributed by atoms with Crippen LogP contribution in [0.2, 0.25) is 0 Å². The van der Waals surface area contributed by atoms with E-state index in [1.807, 2.05) is 6.07 Å². The Morgan fingerprint density at radius 1 is 1.19 bits per heavy atom. The molecule has 1 atom stereocenters. The lowest BCUT2D eigenvalue weighted by atomic mass is 9.97. The highest BCUT2D eigenvalue weighted by Crippen LogP contribution is 2.38. The number of methoxy groups -OCH3 is 2. The van der Waals surface area contributed by atoms with Crippen LogP contribution >= 0.6 is 0 Å². The maximum Gasteiger partial charge on any atom is 0.179 e. The zero-order valence-corrected chi connectivity index (χ0v) is 13.6. The van der Waals surface area contributed by atoms with Crippen LogP contribution in [0.5, 0.6) is 11.5 Å². The van der Waals surface area contributed by atoms with Gasteiger partial charge in [-0.25, -0.2) is 8.42 Å². The maximum absolute atomic E-state index is 11.8. The highest BCUT2D eigenvalue weighted by Gasteiger charge is 2.23. The summed E-state index contributed by atoms with van der Waals surface area (Å²) in [5.41, 5.74) is 0.973. The quantitative estimate of drug-likeness (QED) is 0.898. The van der Waals surface area contributed by atoms with Crippen LogP contribution in [0.4, 0.5) is 0 Å². The minimum Gasteiger partial charge on any atom is -0.493 e. The summed E-state index contributed by atoms with van der Waals surface area (Å²) in [4.78, 5) is 0.169. The molecule has 0 spiro atoms. The summed E-state index contributed by atoms with van der Waals surface area (Å²) in [6.07, 6.45) is 5.54. The first-order chi connectivity index (χ1) is 9.97. The molecule has 0 aromatic heterocycles. The van der Waals surface area contributed by atoms with Crippen LogP contribution in [0.3, 0.4) is 0 Å².